The molecule has 3 aromatic rings. The summed E-state index contributed by atoms with van der Waals surface area (Å²) in [6.07, 6.45) is -1.06. The molecule has 0 aliphatic rings. The van der Waals surface area contributed by atoms with Gasteiger partial charge in [0.25, 0.3) is 23.2 Å². The second kappa shape index (κ2) is 10.1. The summed E-state index contributed by atoms with van der Waals surface area (Å²) in [5.74, 6) is -1.24. The van der Waals surface area contributed by atoms with Crippen molar-refractivity contribution in [2.45, 2.75) is 6.17 Å². The number of halogens is 2. The van der Waals surface area contributed by atoms with E-state index in [1.165, 1.54) is 60.7 Å². The third-order valence-corrected chi connectivity index (χ3v) is 5.25. The minimum Gasteiger partial charge on any atom is -0.328 e. The first-order chi connectivity index (χ1) is 15.7. The summed E-state index contributed by atoms with van der Waals surface area (Å²) < 4.78 is 0. The lowest BCUT2D eigenvalue weighted by atomic mass is 10.1. The monoisotopic (exact) mass is 488 g/mol. The number of carbonyl (C=O) groups is 2. The lowest BCUT2D eigenvalue weighted by Crippen LogP contribution is -2.41. The Balaban J connectivity index is 1.86. The van der Waals surface area contributed by atoms with E-state index in [1.807, 2.05) is 0 Å². The zero-order chi connectivity index (χ0) is 24.1. The lowest BCUT2D eigenvalue weighted by Gasteiger charge is -2.21. The van der Waals surface area contributed by atoms with Gasteiger partial charge in [0, 0.05) is 35.4 Å². The van der Waals surface area contributed by atoms with Crippen LogP contribution >= 0.6 is 23.2 Å². The van der Waals surface area contributed by atoms with Crippen molar-refractivity contribution in [2.75, 3.05) is 0 Å². The molecular weight excluding hydrogens is 475 g/mol. The fourth-order valence-electron chi connectivity index (χ4n) is 2.79. The van der Waals surface area contributed by atoms with Crippen LogP contribution in [0.3, 0.4) is 0 Å². The molecule has 2 N–H and O–H groups in total. The van der Waals surface area contributed by atoms with Crippen LogP contribution in [0.25, 0.3) is 0 Å². The molecule has 0 saturated heterocycles. The minimum absolute atomic E-state index is 0.121. The molecule has 0 fully saturated rings. The van der Waals surface area contributed by atoms with Crippen LogP contribution < -0.4 is 10.6 Å². The summed E-state index contributed by atoms with van der Waals surface area (Å²) >= 11 is 12.0. The molecule has 0 atom stereocenters. The van der Waals surface area contributed by atoms with Crippen molar-refractivity contribution < 1.29 is 19.4 Å². The summed E-state index contributed by atoms with van der Waals surface area (Å²) in [6.45, 7) is 0. The Morgan fingerprint density at radius 2 is 1.12 bits per heavy atom. The van der Waals surface area contributed by atoms with Crippen LogP contribution in [0.4, 0.5) is 11.4 Å². The van der Waals surface area contributed by atoms with E-state index < -0.39 is 27.8 Å². The Hall–Kier alpha value is -4.02. The van der Waals surface area contributed by atoms with Gasteiger partial charge in [-0.15, -0.1) is 0 Å². The highest BCUT2D eigenvalue weighted by Gasteiger charge is 2.21. The van der Waals surface area contributed by atoms with Gasteiger partial charge in [-0.3, -0.25) is 29.8 Å². The Morgan fingerprint density at radius 3 is 1.48 bits per heavy atom. The van der Waals surface area contributed by atoms with Crippen molar-refractivity contribution in [3.63, 3.8) is 0 Å². The zero-order valence-electron chi connectivity index (χ0n) is 16.5. The summed E-state index contributed by atoms with van der Waals surface area (Å²) in [6, 6.07) is 14.3. The third-order valence-electron chi connectivity index (χ3n) is 4.51. The van der Waals surface area contributed by atoms with E-state index >= 15 is 0 Å². The normalized spacial score (nSPS) is 10.5. The molecule has 33 heavy (non-hydrogen) atoms. The van der Waals surface area contributed by atoms with E-state index in [0.29, 0.717) is 5.56 Å². The van der Waals surface area contributed by atoms with Crippen LogP contribution in [0, 0.1) is 20.2 Å². The van der Waals surface area contributed by atoms with Crippen LogP contribution in [0.15, 0.2) is 66.7 Å². The molecule has 0 radical (unpaired) electrons. The van der Waals surface area contributed by atoms with Crippen molar-refractivity contribution >= 4 is 46.4 Å². The number of nitrogens with zero attached hydrogens (tertiary/aromatic N) is 2. The highest BCUT2D eigenvalue weighted by atomic mass is 35.5. The number of nitro benzene ring substituents is 2. The van der Waals surface area contributed by atoms with Gasteiger partial charge in [-0.05, 0) is 42.0 Å². The fraction of sp³-hybridized carbons (Fsp3) is 0.0476. The van der Waals surface area contributed by atoms with Crippen LogP contribution in [0.5, 0.6) is 0 Å². The second-order valence-electron chi connectivity index (χ2n) is 6.66. The molecule has 0 unspecified atom stereocenters. The number of nitrogens with one attached hydrogen (secondary N) is 2. The van der Waals surface area contributed by atoms with Crippen LogP contribution in [-0.4, -0.2) is 21.7 Å². The number of carbonyl (C=O) groups excluding carboxylic acids is 2. The fourth-order valence-corrected chi connectivity index (χ4v) is 3.10. The minimum atomic E-state index is -1.06. The topological polar surface area (TPSA) is 144 Å². The van der Waals surface area contributed by atoms with Crippen molar-refractivity contribution in [1.29, 1.82) is 0 Å². The van der Waals surface area contributed by atoms with Gasteiger partial charge in [-0.25, -0.2) is 0 Å². The maximum absolute atomic E-state index is 12.7. The van der Waals surface area contributed by atoms with Gasteiger partial charge in [-0.2, -0.15) is 0 Å². The smallest absolute Gasteiger partial charge is 0.269 e. The van der Waals surface area contributed by atoms with E-state index in [9.17, 15) is 29.8 Å². The number of rotatable bonds is 7. The van der Waals surface area contributed by atoms with Crippen molar-refractivity contribution in [3.05, 3.63) is 114 Å². The maximum Gasteiger partial charge on any atom is 0.269 e. The van der Waals surface area contributed by atoms with Gasteiger partial charge < -0.3 is 10.6 Å². The number of nitro groups is 2. The number of hydrogen-bond donors (Lipinski definition) is 2. The largest absolute Gasteiger partial charge is 0.328 e. The van der Waals surface area contributed by atoms with E-state index in [2.05, 4.69) is 10.6 Å². The molecule has 2 amide bonds. The SMILES string of the molecule is O=C(NC(NC(=O)c1ccc([N+](=O)[O-])cc1)c1ccc(Cl)c(Cl)c1)c1ccc([N+](=O)[O-])cc1. The van der Waals surface area contributed by atoms with E-state index in [0.717, 1.165) is 0 Å². The first-order valence-corrected chi connectivity index (χ1v) is 9.97. The molecular formula is C21H14Cl2N4O6. The van der Waals surface area contributed by atoms with Gasteiger partial charge in [-0.1, -0.05) is 29.3 Å². The lowest BCUT2D eigenvalue weighted by molar-refractivity contribution is -0.385. The van der Waals surface area contributed by atoms with Gasteiger partial charge in [0.2, 0.25) is 0 Å². The zero-order valence-corrected chi connectivity index (χ0v) is 18.0. The highest BCUT2D eigenvalue weighted by Crippen LogP contribution is 2.25. The van der Waals surface area contributed by atoms with Crippen molar-refractivity contribution in [3.8, 4) is 0 Å². The summed E-state index contributed by atoms with van der Waals surface area (Å²) in [5.41, 5.74) is 0.276. The molecule has 10 nitrogen and oxygen atoms in total. The van der Waals surface area contributed by atoms with Crippen LogP contribution in [0.2, 0.25) is 10.0 Å². The molecule has 168 valence electrons. The maximum atomic E-state index is 12.7. The van der Waals surface area contributed by atoms with Crippen molar-refractivity contribution in [1.82, 2.24) is 10.6 Å². The first kappa shape index (κ1) is 23.6. The van der Waals surface area contributed by atoms with Crippen molar-refractivity contribution in [2.24, 2.45) is 0 Å². The number of amides is 2. The van der Waals surface area contributed by atoms with Crippen LogP contribution in [0.1, 0.15) is 32.4 Å². The Kier molecular flexibility index (Phi) is 7.21. The number of hydrogen-bond acceptors (Lipinski definition) is 6. The predicted molar refractivity (Wildman–Crippen MR) is 120 cm³/mol. The van der Waals surface area contributed by atoms with Gasteiger partial charge in [0.15, 0.2) is 0 Å². The number of benzene rings is 3. The Bertz CT molecular complexity index is 1160. The summed E-state index contributed by atoms with van der Waals surface area (Å²) in [4.78, 5) is 45.9. The van der Waals surface area contributed by atoms with Gasteiger partial charge in [0.1, 0.15) is 6.17 Å². The molecule has 0 spiro atoms. The molecule has 3 aromatic carbocycles. The first-order valence-electron chi connectivity index (χ1n) is 9.21. The van der Waals surface area contributed by atoms with Crippen LogP contribution in [-0.2, 0) is 0 Å². The molecule has 0 aliphatic heterocycles. The van der Waals surface area contributed by atoms with E-state index in [1.54, 1.807) is 6.07 Å². The molecule has 12 heteroatoms. The molecule has 0 saturated carbocycles. The number of non-ortho nitro benzene ring substituents is 2. The summed E-state index contributed by atoms with van der Waals surface area (Å²) in [5, 5.41) is 27.3. The molecule has 0 aliphatic carbocycles. The predicted octanol–water partition coefficient (Wildman–Crippen LogP) is 4.67. The Labute approximate surface area is 196 Å². The van der Waals surface area contributed by atoms with Gasteiger partial charge >= 0.3 is 0 Å². The summed E-state index contributed by atoms with van der Waals surface area (Å²) in [7, 11) is 0. The van der Waals surface area contributed by atoms with Gasteiger partial charge in [0.05, 0.1) is 19.9 Å². The average Bonchev–Trinajstić information content (AvgIpc) is 2.80. The molecule has 0 heterocycles. The van der Waals surface area contributed by atoms with E-state index in [4.69, 9.17) is 23.2 Å². The molecule has 3 rings (SSSR count). The third kappa shape index (κ3) is 5.82. The highest BCUT2D eigenvalue weighted by molar-refractivity contribution is 6.42. The molecule has 0 aromatic heterocycles. The standard InChI is InChI=1S/C21H14Cl2N4O6/c22-17-10-5-14(11-18(17)23)19(24-20(28)12-1-6-15(7-2-12)26(30)31)25-21(29)13-3-8-16(9-4-13)27(32)33/h1-11,19H,(H,24,28)(H,25,29). The van der Waals surface area contributed by atoms with E-state index in [-0.39, 0.29) is 32.5 Å². The second-order valence-corrected chi connectivity index (χ2v) is 7.48. The molecule has 0 bridgehead atoms. The Morgan fingerprint density at radius 1 is 0.697 bits per heavy atom. The average molecular weight is 489 g/mol. The quantitative estimate of drug-likeness (QED) is 0.280.